The van der Waals surface area contributed by atoms with Gasteiger partial charge in [0.15, 0.2) is 30.9 Å². The molecule has 2 aliphatic heterocycles. The van der Waals surface area contributed by atoms with Gasteiger partial charge < -0.3 is 52.5 Å². The lowest BCUT2D eigenvalue weighted by molar-refractivity contribution is -0.342. The van der Waals surface area contributed by atoms with E-state index >= 15 is 0 Å². The van der Waals surface area contributed by atoms with Gasteiger partial charge in [-0.3, -0.25) is 0 Å². The summed E-state index contributed by atoms with van der Waals surface area (Å²) in [7, 11) is 0. The molecule has 10 atom stereocenters. The molecular formula is C61H58O14. The summed E-state index contributed by atoms with van der Waals surface area (Å²) in [5.41, 5.74) is 4.08. The first-order valence-corrected chi connectivity index (χ1v) is 24.8. The smallest absolute Gasteiger partial charge is 0.338 e. The van der Waals surface area contributed by atoms with E-state index in [2.05, 4.69) is 0 Å². The van der Waals surface area contributed by atoms with Crippen LogP contribution < -0.4 is 0 Å². The molecule has 2 saturated heterocycles. The van der Waals surface area contributed by atoms with Gasteiger partial charge in [0.2, 0.25) is 0 Å². The van der Waals surface area contributed by atoms with Gasteiger partial charge in [0.05, 0.1) is 56.3 Å². The maximum Gasteiger partial charge on any atom is 0.338 e. The van der Waals surface area contributed by atoms with Gasteiger partial charge in [-0.2, -0.15) is 0 Å². The zero-order valence-electron chi connectivity index (χ0n) is 41.0. The summed E-state index contributed by atoms with van der Waals surface area (Å²) < 4.78 is 65.2. The number of aliphatic hydroxyl groups is 1. The molecule has 7 aromatic rings. The molecule has 2 fully saturated rings. The molecule has 7 aromatic carbocycles. The molecule has 1 N–H and O–H groups in total. The van der Waals surface area contributed by atoms with Gasteiger partial charge in [0.1, 0.15) is 30.5 Å². The Morgan fingerprint density at radius 2 is 0.693 bits per heavy atom. The van der Waals surface area contributed by atoms with Crippen molar-refractivity contribution in [2.24, 2.45) is 0 Å². The van der Waals surface area contributed by atoms with E-state index in [1.165, 1.54) is 24.3 Å². The van der Waals surface area contributed by atoms with Crippen LogP contribution in [0.1, 0.15) is 53.3 Å². The van der Waals surface area contributed by atoms with Crippen molar-refractivity contribution in [2.75, 3.05) is 13.2 Å². The third-order valence-corrected chi connectivity index (χ3v) is 12.6. The number of benzene rings is 7. The zero-order chi connectivity index (χ0) is 51.6. The Labute approximate surface area is 435 Å². The highest BCUT2D eigenvalue weighted by Gasteiger charge is 2.54. The van der Waals surface area contributed by atoms with Crippen LogP contribution in [-0.4, -0.2) is 97.6 Å². The molecule has 0 aliphatic carbocycles. The van der Waals surface area contributed by atoms with Gasteiger partial charge in [-0.1, -0.05) is 176 Å². The van der Waals surface area contributed by atoms with E-state index in [-0.39, 0.29) is 49.7 Å². The van der Waals surface area contributed by atoms with Crippen molar-refractivity contribution in [1.82, 2.24) is 0 Å². The molecule has 0 aromatic heterocycles. The Hall–Kier alpha value is -7.37. The quantitative estimate of drug-likeness (QED) is 0.0505. The van der Waals surface area contributed by atoms with Gasteiger partial charge in [0, 0.05) is 0 Å². The lowest BCUT2D eigenvalue weighted by atomic mass is 9.96. The zero-order valence-corrected chi connectivity index (χ0v) is 41.0. The highest BCUT2D eigenvalue weighted by Crippen LogP contribution is 2.35. The second-order valence-corrected chi connectivity index (χ2v) is 17.9. The molecule has 0 saturated carbocycles. The lowest BCUT2D eigenvalue weighted by Gasteiger charge is -2.47. The van der Waals surface area contributed by atoms with E-state index in [0.29, 0.717) is 0 Å². The van der Waals surface area contributed by atoms with E-state index in [1.807, 2.05) is 121 Å². The first-order chi connectivity index (χ1) is 36.9. The van der Waals surface area contributed by atoms with Crippen molar-refractivity contribution in [1.29, 1.82) is 0 Å². The molecule has 14 heteroatoms. The van der Waals surface area contributed by atoms with Crippen LogP contribution in [0.25, 0.3) is 0 Å². The number of carbonyl (C=O) groups is 3. The summed E-state index contributed by atoms with van der Waals surface area (Å²) >= 11 is 0. The van der Waals surface area contributed by atoms with Crippen molar-refractivity contribution in [3.05, 3.63) is 251 Å². The fraction of sp³-hybridized carbons (Fsp3) is 0.262. The average Bonchev–Trinajstić information content (AvgIpc) is 3.46. The molecule has 0 spiro atoms. The Morgan fingerprint density at radius 3 is 1.13 bits per heavy atom. The lowest BCUT2D eigenvalue weighted by Crippen LogP contribution is -2.64. The van der Waals surface area contributed by atoms with E-state index in [9.17, 15) is 19.5 Å². The molecule has 2 heterocycles. The first-order valence-electron chi connectivity index (χ1n) is 24.8. The monoisotopic (exact) mass is 1010 g/mol. The molecule has 386 valence electrons. The fourth-order valence-electron chi connectivity index (χ4n) is 8.80. The highest BCUT2D eigenvalue weighted by atomic mass is 16.7. The maximum atomic E-state index is 14.1. The third kappa shape index (κ3) is 14.5. The molecule has 14 nitrogen and oxygen atoms in total. The van der Waals surface area contributed by atoms with Crippen molar-refractivity contribution in [3.8, 4) is 0 Å². The van der Waals surface area contributed by atoms with Crippen LogP contribution in [0.4, 0.5) is 0 Å². The molecule has 75 heavy (non-hydrogen) atoms. The number of aliphatic hydroxyl groups excluding tert-OH is 1. The van der Waals surface area contributed by atoms with Crippen LogP contribution >= 0.6 is 0 Å². The van der Waals surface area contributed by atoms with Crippen LogP contribution in [-0.2, 0) is 73.8 Å². The van der Waals surface area contributed by atoms with Crippen LogP contribution in [0.15, 0.2) is 212 Å². The first kappa shape index (κ1) is 52.5. The average molecular weight is 1020 g/mol. The van der Waals surface area contributed by atoms with Crippen molar-refractivity contribution in [3.63, 3.8) is 0 Å². The number of hydrogen-bond acceptors (Lipinski definition) is 14. The summed E-state index contributed by atoms with van der Waals surface area (Å²) in [4.78, 5) is 41.9. The van der Waals surface area contributed by atoms with E-state index < -0.39 is 85.9 Å². The number of esters is 3. The van der Waals surface area contributed by atoms with Gasteiger partial charge in [-0.05, 0) is 58.7 Å². The molecule has 0 radical (unpaired) electrons. The third-order valence-electron chi connectivity index (χ3n) is 12.6. The van der Waals surface area contributed by atoms with Crippen LogP contribution in [0.2, 0.25) is 0 Å². The van der Waals surface area contributed by atoms with Crippen molar-refractivity contribution >= 4 is 17.9 Å². The number of rotatable bonds is 22. The van der Waals surface area contributed by atoms with Gasteiger partial charge in [-0.25, -0.2) is 14.4 Å². The standard InChI is InChI=1S/C61H58O14/c62-57(46-30-16-5-17-31-46)73-52-50(71-60(65)55(75-59(64)48-34-20-7-21-35-48)54(52)74-58(63)47-32-18-6-19-33-47)41-70-61-56(69-39-45-28-14-4-15-29-45)53(68-38-44-26-12-3-13-27-44)51(67-37-43-24-10-2-11-25-43)49(72-61)40-66-36-42-22-8-1-9-23-42/h1-35,49-56,60-61,65H,36-41H2/t49-,50-,51-,52-,53+,54+,55-,56+,60+,61-/m1/s1. The number of hydrogen-bond donors (Lipinski definition) is 1. The minimum atomic E-state index is -1.93. The normalized spacial score (nSPS) is 23.4. The van der Waals surface area contributed by atoms with Crippen molar-refractivity contribution in [2.45, 2.75) is 87.8 Å². The summed E-state index contributed by atoms with van der Waals surface area (Å²) in [6.07, 6.45) is -13.0. The van der Waals surface area contributed by atoms with E-state index in [4.69, 9.17) is 47.4 Å². The summed E-state index contributed by atoms with van der Waals surface area (Å²) in [5.74, 6) is -2.52. The second-order valence-electron chi connectivity index (χ2n) is 17.9. The summed E-state index contributed by atoms with van der Waals surface area (Å²) in [5, 5.41) is 11.9. The minimum Gasteiger partial charge on any atom is -0.452 e. The van der Waals surface area contributed by atoms with Crippen LogP contribution in [0.5, 0.6) is 0 Å². The van der Waals surface area contributed by atoms with E-state index in [0.717, 1.165) is 22.3 Å². The Balaban J connectivity index is 1.07. The Morgan fingerprint density at radius 1 is 0.347 bits per heavy atom. The predicted molar refractivity (Wildman–Crippen MR) is 274 cm³/mol. The summed E-state index contributed by atoms with van der Waals surface area (Å²) in [6, 6.07) is 63.2. The van der Waals surface area contributed by atoms with Gasteiger partial charge in [-0.15, -0.1) is 0 Å². The minimum absolute atomic E-state index is 0.0345. The van der Waals surface area contributed by atoms with Crippen LogP contribution in [0.3, 0.4) is 0 Å². The van der Waals surface area contributed by atoms with Crippen molar-refractivity contribution < 1.29 is 66.9 Å². The van der Waals surface area contributed by atoms with Gasteiger partial charge >= 0.3 is 17.9 Å². The predicted octanol–water partition coefficient (Wildman–Crippen LogP) is 9.09. The maximum absolute atomic E-state index is 14.1. The fourth-order valence-corrected chi connectivity index (χ4v) is 8.80. The van der Waals surface area contributed by atoms with Gasteiger partial charge in [0.25, 0.3) is 0 Å². The van der Waals surface area contributed by atoms with Crippen LogP contribution in [0, 0.1) is 0 Å². The topological polar surface area (TPSA) is 164 Å². The largest absolute Gasteiger partial charge is 0.452 e. The summed E-state index contributed by atoms with van der Waals surface area (Å²) in [6.45, 7) is 0.321. The Bertz CT molecular complexity index is 2810. The molecule has 0 bridgehead atoms. The van der Waals surface area contributed by atoms with E-state index in [1.54, 1.807) is 66.7 Å². The molecule has 2 aliphatic rings. The molecule has 0 amide bonds. The molecule has 0 unspecified atom stereocenters. The SMILES string of the molecule is O=C(O[C@@H]1[C@@H](OC(=O)c2ccccc2)[C@@H](O)O[C@H](CO[C@@H]2O[C@H](COCc3ccccc3)[C@@H](OCc3ccccc3)[C@H](OCc3ccccc3)[C@@H]2OCc2ccccc2)[C@H]1OC(=O)c1ccccc1)c1ccccc1. The molecular weight excluding hydrogens is 957 g/mol. The highest BCUT2D eigenvalue weighted by molar-refractivity contribution is 5.91. The second kappa shape index (κ2) is 26.7. The Kier molecular flexibility index (Phi) is 18.7. The molecule has 9 rings (SSSR count). The number of carbonyl (C=O) groups excluding carboxylic acids is 3. The number of ether oxygens (including phenoxy) is 10.